The quantitative estimate of drug-likeness (QED) is 0.734. The summed E-state index contributed by atoms with van der Waals surface area (Å²) in [6, 6.07) is 6.84. The van der Waals surface area contributed by atoms with Crippen LogP contribution in [0.5, 0.6) is 0 Å². The van der Waals surface area contributed by atoms with Crippen molar-refractivity contribution in [3.8, 4) is 0 Å². The zero-order valence-corrected chi connectivity index (χ0v) is 8.38. The van der Waals surface area contributed by atoms with E-state index in [1.165, 1.54) is 29.5 Å². The van der Waals surface area contributed by atoms with Gasteiger partial charge in [-0.3, -0.25) is 0 Å². The average Bonchev–Trinajstić information content (AvgIpc) is 2.85. The lowest BCUT2D eigenvalue weighted by Gasteiger charge is -2.14. The Morgan fingerprint density at radius 3 is 2.54 bits per heavy atom. The number of benzene rings is 1. The Hall–Kier alpha value is -0.820. The van der Waals surface area contributed by atoms with Crippen LogP contribution in [0, 0.1) is 19.8 Å². The fourth-order valence-corrected chi connectivity index (χ4v) is 1.91. The van der Waals surface area contributed by atoms with Crippen LogP contribution in [0.25, 0.3) is 0 Å². The van der Waals surface area contributed by atoms with E-state index in [-0.39, 0.29) is 6.04 Å². The van der Waals surface area contributed by atoms with Crippen molar-refractivity contribution < 1.29 is 0 Å². The van der Waals surface area contributed by atoms with Gasteiger partial charge in [-0.1, -0.05) is 23.8 Å². The molecule has 0 aliphatic heterocycles. The minimum atomic E-state index is 0.278. The first-order chi connectivity index (χ1) is 6.18. The molecule has 0 radical (unpaired) electrons. The molecule has 0 bridgehead atoms. The third-order valence-electron chi connectivity index (χ3n) is 2.91. The van der Waals surface area contributed by atoms with Crippen molar-refractivity contribution in [2.45, 2.75) is 32.7 Å². The molecule has 0 amide bonds. The van der Waals surface area contributed by atoms with Crippen molar-refractivity contribution in [1.29, 1.82) is 0 Å². The molecular formula is C12H17N. The normalized spacial score (nSPS) is 18.7. The second kappa shape index (κ2) is 3.15. The highest BCUT2D eigenvalue weighted by Gasteiger charge is 2.29. The Balaban J connectivity index is 2.28. The van der Waals surface area contributed by atoms with Gasteiger partial charge in [0.1, 0.15) is 0 Å². The van der Waals surface area contributed by atoms with Crippen LogP contribution in [0.3, 0.4) is 0 Å². The van der Waals surface area contributed by atoms with Crippen molar-refractivity contribution in [3.05, 3.63) is 34.9 Å². The monoisotopic (exact) mass is 175 g/mol. The smallest absolute Gasteiger partial charge is 0.0326 e. The predicted molar refractivity (Wildman–Crippen MR) is 55.6 cm³/mol. The zero-order chi connectivity index (χ0) is 9.42. The van der Waals surface area contributed by atoms with Crippen LogP contribution < -0.4 is 5.73 Å². The first-order valence-corrected chi connectivity index (χ1v) is 5.01. The summed E-state index contributed by atoms with van der Waals surface area (Å²) in [6.07, 6.45) is 2.63. The van der Waals surface area contributed by atoms with Gasteiger partial charge in [-0.15, -0.1) is 0 Å². The summed E-state index contributed by atoms with van der Waals surface area (Å²) in [6.45, 7) is 4.28. The number of aryl methyl sites for hydroxylation is 2. The van der Waals surface area contributed by atoms with Crippen LogP contribution in [-0.4, -0.2) is 0 Å². The third kappa shape index (κ3) is 1.75. The van der Waals surface area contributed by atoms with Gasteiger partial charge >= 0.3 is 0 Å². The molecule has 0 saturated heterocycles. The molecule has 0 unspecified atom stereocenters. The maximum absolute atomic E-state index is 6.15. The highest BCUT2D eigenvalue weighted by Crippen LogP contribution is 2.40. The summed E-state index contributed by atoms with van der Waals surface area (Å²) in [5.74, 6) is 0.751. The van der Waals surface area contributed by atoms with Gasteiger partial charge in [0.05, 0.1) is 0 Å². The molecule has 70 valence electrons. The van der Waals surface area contributed by atoms with E-state index in [9.17, 15) is 0 Å². The molecule has 0 spiro atoms. The van der Waals surface area contributed by atoms with Crippen LogP contribution in [0.15, 0.2) is 18.2 Å². The molecule has 1 fully saturated rings. The summed E-state index contributed by atoms with van der Waals surface area (Å²) in [5, 5.41) is 0. The van der Waals surface area contributed by atoms with Crippen LogP contribution >= 0.6 is 0 Å². The maximum atomic E-state index is 6.15. The van der Waals surface area contributed by atoms with E-state index in [2.05, 4.69) is 32.0 Å². The molecular weight excluding hydrogens is 158 g/mol. The van der Waals surface area contributed by atoms with Gasteiger partial charge in [0, 0.05) is 6.04 Å². The number of hydrogen-bond donors (Lipinski definition) is 1. The molecule has 1 aliphatic carbocycles. The van der Waals surface area contributed by atoms with Gasteiger partial charge in [-0.2, -0.15) is 0 Å². The molecule has 1 atom stereocenters. The average molecular weight is 175 g/mol. The van der Waals surface area contributed by atoms with Gasteiger partial charge < -0.3 is 5.73 Å². The van der Waals surface area contributed by atoms with Crippen molar-refractivity contribution >= 4 is 0 Å². The van der Waals surface area contributed by atoms with E-state index in [0.717, 1.165) is 5.92 Å². The van der Waals surface area contributed by atoms with Gasteiger partial charge in [0.25, 0.3) is 0 Å². The molecule has 2 N–H and O–H groups in total. The molecule has 1 aliphatic rings. The van der Waals surface area contributed by atoms with E-state index in [1.807, 2.05) is 0 Å². The fourth-order valence-electron chi connectivity index (χ4n) is 1.91. The summed E-state index contributed by atoms with van der Waals surface area (Å²) < 4.78 is 0. The Kier molecular flexibility index (Phi) is 2.12. The van der Waals surface area contributed by atoms with Crippen molar-refractivity contribution in [1.82, 2.24) is 0 Å². The second-order valence-corrected chi connectivity index (χ2v) is 4.22. The molecule has 13 heavy (non-hydrogen) atoms. The molecule has 2 rings (SSSR count). The summed E-state index contributed by atoms with van der Waals surface area (Å²) in [7, 11) is 0. The van der Waals surface area contributed by atoms with Crippen molar-refractivity contribution in [2.24, 2.45) is 11.7 Å². The first-order valence-electron chi connectivity index (χ1n) is 5.01. The highest BCUT2D eigenvalue weighted by atomic mass is 14.7. The van der Waals surface area contributed by atoms with E-state index >= 15 is 0 Å². The highest BCUT2D eigenvalue weighted by molar-refractivity contribution is 5.33. The van der Waals surface area contributed by atoms with Gasteiger partial charge in [0.2, 0.25) is 0 Å². The minimum Gasteiger partial charge on any atom is -0.324 e. The number of nitrogens with two attached hydrogens (primary N) is 1. The topological polar surface area (TPSA) is 26.0 Å². The Labute approximate surface area is 80.0 Å². The molecule has 1 saturated carbocycles. The lowest BCUT2D eigenvalue weighted by molar-refractivity contribution is 0.629. The van der Waals surface area contributed by atoms with Gasteiger partial charge in [-0.05, 0) is 43.7 Å². The second-order valence-electron chi connectivity index (χ2n) is 4.22. The van der Waals surface area contributed by atoms with E-state index in [1.54, 1.807) is 0 Å². The molecule has 0 aromatic heterocycles. The van der Waals surface area contributed by atoms with Crippen LogP contribution in [0.4, 0.5) is 0 Å². The standard InChI is InChI=1S/C12H17N/c1-8-3-6-11(9(2)7-8)12(13)10-4-5-10/h3,6-7,10,12H,4-5,13H2,1-2H3/t12-/m0/s1. The van der Waals surface area contributed by atoms with Gasteiger partial charge in [-0.25, -0.2) is 0 Å². The lowest BCUT2D eigenvalue weighted by atomic mass is 9.97. The van der Waals surface area contributed by atoms with Crippen LogP contribution in [-0.2, 0) is 0 Å². The predicted octanol–water partition coefficient (Wildman–Crippen LogP) is 2.71. The number of hydrogen-bond acceptors (Lipinski definition) is 1. The Morgan fingerprint density at radius 1 is 1.31 bits per heavy atom. The molecule has 1 aromatic carbocycles. The SMILES string of the molecule is Cc1ccc([C@@H](N)C2CC2)c(C)c1. The first kappa shape index (κ1) is 8.76. The summed E-state index contributed by atoms with van der Waals surface area (Å²) in [4.78, 5) is 0. The third-order valence-corrected chi connectivity index (χ3v) is 2.91. The van der Waals surface area contributed by atoms with E-state index in [0.29, 0.717) is 0 Å². The van der Waals surface area contributed by atoms with Gasteiger partial charge in [0.15, 0.2) is 0 Å². The number of rotatable bonds is 2. The molecule has 1 heteroatoms. The molecule has 1 aromatic rings. The van der Waals surface area contributed by atoms with E-state index < -0.39 is 0 Å². The Bertz CT molecular complexity index is 313. The fraction of sp³-hybridized carbons (Fsp3) is 0.500. The lowest BCUT2D eigenvalue weighted by Crippen LogP contribution is -2.13. The largest absolute Gasteiger partial charge is 0.324 e. The summed E-state index contributed by atoms with van der Waals surface area (Å²) >= 11 is 0. The minimum absolute atomic E-state index is 0.278. The van der Waals surface area contributed by atoms with Crippen molar-refractivity contribution in [2.75, 3.05) is 0 Å². The van der Waals surface area contributed by atoms with Crippen LogP contribution in [0.1, 0.15) is 35.6 Å². The Morgan fingerprint density at radius 2 is 2.00 bits per heavy atom. The molecule has 0 heterocycles. The van der Waals surface area contributed by atoms with E-state index in [4.69, 9.17) is 5.73 Å². The van der Waals surface area contributed by atoms with Crippen molar-refractivity contribution in [3.63, 3.8) is 0 Å². The zero-order valence-electron chi connectivity index (χ0n) is 8.38. The molecule has 1 nitrogen and oxygen atoms in total. The van der Waals surface area contributed by atoms with Crippen LogP contribution in [0.2, 0.25) is 0 Å². The summed E-state index contributed by atoms with van der Waals surface area (Å²) in [5.41, 5.74) is 10.2. The maximum Gasteiger partial charge on any atom is 0.0326 e.